The molecule has 0 bridgehead atoms. The Kier molecular flexibility index (Phi) is 11.5. The van der Waals surface area contributed by atoms with Gasteiger partial charge < -0.3 is 4.57 Å². The van der Waals surface area contributed by atoms with Crippen LogP contribution in [0, 0.1) is 13.8 Å². The second-order valence-electron chi connectivity index (χ2n) is 15.2. The van der Waals surface area contributed by atoms with E-state index in [-0.39, 0.29) is 5.41 Å². The second-order valence-corrected chi connectivity index (χ2v) is 15.2. The van der Waals surface area contributed by atoms with Crippen molar-refractivity contribution in [1.29, 1.82) is 0 Å². The van der Waals surface area contributed by atoms with E-state index in [9.17, 15) is 0 Å². The van der Waals surface area contributed by atoms with E-state index in [1.807, 2.05) is 0 Å². The first kappa shape index (κ1) is 34.5. The average Bonchev–Trinajstić information content (AvgIpc) is 3.54. The number of nitrogens with zero attached hydrogens (tertiary/aromatic N) is 1. The highest BCUT2D eigenvalue weighted by Gasteiger charge is 2.42. The summed E-state index contributed by atoms with van der Waals surface area (Å²) < 4.78 is 2.56. The number of unbranched alkanes of at least 4 members (excludes halogenated alkanes) is 11. The molecule has 48 heavy (non-hydrogen) atoms. The smallest absolute Gasteiger partial charge is 0.0491 e. The molecule has 254 valence electrons. The van der Waals surface area contributed by atoms with Crippen LogP contribution in [0.1, 0.15) is 146 Å². The molecule has 0 unspecified atom stereocenters. The van der Waals surface area contributed by atoms with Crippen molar-refractivity contribution in [2.24, 2.45) is 0 Å². The molecule has 1 aliphatic carbocycles. The van der Waals surface area contributed by atoms with Crippen molar-refractivity contribution < 1.29 is 0 Å². The summed E-state index contributed by atoms with van der Waals surface area (Å²) in [6, 6.07) is 29.2. The van der Waals surface area contributed by atoms with Gasteiger partial charge in [-0.1, -0.05) is 158 Å². The van der Waals surface area contributed by atoms with Gasteiger partial charge in [-0.25, -0.2) is 0 Å². The molecule has 1 heteroatoms. The minimum Gasteiger partial charge on any atom is -0.340 e. The van der Waals surface area contributed by atoms with Crippen molar-refractivity contribution in [3.63, 3.8) is 0 Å². The quantitative estimate of drug-likeness (QED) is 0.0841. The Labute approximate surface area is 292 Å². The summed E-state index contributed by atoms with van der Waals surface area (Å²) >= 11 is 0. The van der Waals surface area contributed by atoms with E-state index in [1.54, 1.807) is 11.1 Å². The van der Waals surface area contributed by atoms with Gasteiger partial charge in [-0.2, -0.15) is 0 Å². The van der Waals surface area contributed by atoms with Gasteiger partial charge in [0.1, 0.15) is 0 Å². The number of rotatable bonds is 18. The predicted molar refractivity (Wildman–Crippen MR) is 211 cm³/mol. The van der Waals surface area contributed by atoms with Crippen LogP contribution in [0.2, 0.25) is 0 Å². The van der Waals surface area contributed by atoms with E-state index in [0.29, 0.717) is 0 Å². The summed E-state index contributed by atoms with van der Waals surface area (Å²) in [5, 5.41) is 2.79. The molecule has 1 nitrogen and oxygen atoms in total. The van der Waals surface area contributed by atoms with Crippen LogP contribution in [-0.2, 0) is 12.0 Å². The Hall–Kier alpha value is -3.32. The number of aryl methyl sites for hydroxylation is 3. The van der Waals surface area contributed by atoms with Crippen molar-refractivity contribution in [2.75, 3.05) is 0 Å². The molecule has 0 fully saturated rings. The van der Waals surface area contributed by atoms with E-state index in [4.69, 9.17) is 0 Å². The van der Waals surface area contributed by atoms with Crippen molar-refractivity contribution >= 4 is 21.8 Å². The molecular formula is C47H61N. The molecule has 4 aromatic carbocycles. The topological polar surface area (TPSA) is 4.93 Å². The average molecular weight is 640 g/mol. The van der Waals surface area contributed by atoms with E-state index in [0.717, 1.165) is 6.54 Å². The molecule has 0 saturated heterocycles. The van der Waals surface area contributed by atoms with E-state index in [2.05, 4.69) is 112 Å². The highest BCUT2D eigenvalue weighted by molar-refractivity contribution is 6.09. The van der Waals surface area contributed by atoms with Gasteiger partial charge in [0.05, 0.1) is 0 Å². The van der Waals surface area contributed by atoms with Crippen molar-refractivity contribution in [3.8, 4) is 22.3 Å². The van der Waals surface area contributed by atoms with Gasteiger partial charge in [-0.15, -0.1) is 0 Å². The molecule has 1 aromatic heterocycles. The number of hydrogen-bond acceptors (Lipinski definition) is 0. The molecule has 0 N–H and O–H groups in total. The zero-order chi connectivity index (χ0) is 33.5. The lowest BCUT2D eigenvalue weighted by molar-refractivity contribution is 0.398. The van der Waals surface area contributed by atoms with Gasteiger partial charge in [0, 0.05) is 33.8 Å². The van der Waals surface area contributed by atoms with Crippen molar-refractivity contribution in [3.05, 3.63) is 95.1 Å². The van der Waals surface area contributed by atoms with Crippen LogP contribution < -0.4 is 0 Å². The number of benzene rings is 4. The maximum Gasteiger partial charge on any atom is 0.0491 e. The van der Waals surface area contributed by atoms with Crippen LogP contribution in [-0.4, -0.2) is 4.57 Å². The fraction of sp³-hybridized carbons (Fsp3) is 0.489. The lowest BCUT2D eigenvalue weighted by Gasteiger charge is -2.33. The van der Waals surface area contributed by atoms with Crippen LogP contribution in [0.3, 0.4) is 0 Å². The first-order valence-corrected chi connectivity index (χ1v) is 19.8. The summed E-state index contributed by atoms with van der Waals surface area (Å²) in [6.07, 6.45) is 21.2. The summed E-state index contributed by atoms with van der Waals surface area (Å²) in [7, 11) is 0. The SMILES string of the molecule is CCCCCCCCC1(CCCCCCCC)c2cc(C)ccc2-c2ccc(-c3ccc4c(c3)c3cc(C)ccc3n4CCCC)cc21. The third-order valence-electron chi connectivity index (χ3n) is 11.5. The fourth-order valence-corrected chi connectivity index (χ4v) is 8.82. The van der Waals surface area contributed by atoms with Gasteiger partial charge in [0.2, 0.25) is 0 Å². The molecule has 0 radical (unpaired) electrons. The molecular weight excluding hydrogens is 579 g/mol. The van der Waals surface area contributed by atoms with Crippen molar-refractivity contribution in [1.82, 2.24) is 4.57 Å². The monoisotopic (exact) mass is 639 g/mol. The normalized spacial score (nSPS) is 13.4. The highest BCUT2D eigenvalue weighted by atomic mass is 15.0. The van der Waals surface area contributed by atoms with Crippen LogP contribution in [0.25, 0.3) is 44.1 Å². The standard InChI is InChI=1S/C47H61N/c1-6-9-12-14-16-18-28-47(29-19-17-15-13-10-7-2)43-32-36(5)20-24-39(43)40-25-22-38(34-44(40)47)37-23-27-46-42(33-37)41-31-35(4)21-26-45(41)48(46)30-11-8-3/h20-27,31-34H,6-19,28-30H2,1-5H3. The summed E-state index contributed by atoms with van der Waals surface area (Å²) in [4.78, 5) is 0. The molecule has 0 aliphatic heterocycles. The Morgan fingerprint density at radius 2 is 0.938 bits per heavy atom. The zero-order valence-electron chi connectivity index (χ0n) is 30.9. The first-order valence-electron chi connectivity index (χ1n) is 19.8. The molecule has 1 heterocycles. The first-order chi connectivity index (χ1) is 23.5. The van der Waals surface area contributed by atoms with Gasteiger partial charge >= 0.3 is 0 Å². The lowest BCUT2D eigenvalue weighted by atomic mass is 9.70. The molecule has 1 aliphatic rings. The second kappa shape index (κ2) is 15.9. The Balaban J connectivity index is 1.41. The minimum atomic E-state index is 0.111. The molecule has 0 atom stereocenters. The summed E-state index contributed by atoms with van der Waals surface area (Å²) in [5.41, 5.74) is 14.5. The fourth-order valence-electron chi connectivity index (χ4n) is 8.82. The molecule has 0 amide bonds. The Morgan fingerprint density at radius 3 is 1.60 bits per heavy atom. The van der Waals surface area contributed by atoms with Gasteiger partial charge in [-0.3, -0.25) is 0 Å². The molecule has 0 saturated carbocycles. The maximum absolute atomic E-state index is 2.63. The molecule has 6 rings (SSSR count). The molecule has 5 aromatic rings. The van der Waals surface area contributed by atoms with Crippen molar-refractivity contribution in [2.45, 2.75) is 149 Å². The summed E-state index contributed by atoms with van der Waals surface area (Å²) in [5.74, 6) is 0. The van der Waals surface area contributed by atoms with Crippen LogP contribution in [0.15, 0.2) is 72.8 Å². The van der Waals surface area contributed by atoms with E-state index < -0.39 is 0 Å². The molecule has 0 spiro atoms. The Morgan fingerprint density at radius 1 is 0.458 bits per heavy atom. The third kappa shape index (κ3) is 7.03. The Bertz CT molecular complexity index is 1800. The van der Waals surface area contributed by atoms with Gasteiger partial charge in [0.25, 0.3) is 0 Å². The minimum absolute atomic E-state index is 0.111. The zero-order valence-corrected chi connectivity index (χ0v) is 30.9. The van der Waals surface area contributed by atoms with Gasteiger partial charge in [0.15, 0.2) is 0 Å². The summed E-state index contributed by atoms with van der Waals surface area (Å²) in [6.45, 7) is 12.5. The third-order valence-corrected chi connectivity index (χ3v) is 11.5. The van der Waals surface area contributed by atoms with Crippen LogP contribution >= 0.6 is 0 Å². The van der Waals surface area contributed by atoms with Gasteiger partial charge in [-0.05, 0) is 96.8 Å². The number of hydrogen-bond donors (Lipinski definition) is 0. The lowest BCUT2D eigenvalue weighted by Crippen LogP contribution is -2.25. The van der Waals surface area contributed by atoms with Crippen LogP contribution in [0.4, 0.5) is 0 Å². The number of fused-ring (bicyclic) bond motifs is 6. The predicted octanol–water partition coefficient (Wildman–Crippen LogP) is 14.6. The van der Waals surface area contributed by atoms with Crippen LogP contribution in [0.5, 0.6) is 0 Å². The number of aromatic nitrogens is 1. The maximum atomic E-state index is 2.63. The van der Waals surface area contributed by atoms with E-state index in [1.165, 1.54) is 158 Å². The largest absolute Gasteiger partial charge is 0.340 e. The van der Waals surface area contributed by atoms with E-state index >= 15 is 0 Å². The highest BCUT2D eigenvalue weighted by Crippen LogP contribution is 2.55.